The van der Waals surface area contributed by atoms with Gasteiger partial charge >= 0.3 is 0 Å². The number of hydrogen-bond donors (Lipinski definition) is 2. The average molecular weight is 414 g/mol. The highest BCUT2D eigenvalue weighted by atomic mass is 16.5. The van der Waals surface area contributed by atoms with Gasteiger partial charge in [0.15, 0.2) is 23.2 Å². The van der Waals surface area contributed by atoms with Crippen molar-refractivity contribution in [3.63, 3.8) is 0 Å². The average Bonchev–Trinajstić information content (AvgIpc) is 3.27. The molecule has 2 aromatic carbocycles. The summed E-state index contributed by atoms with van der Waals surface area (Å²) in [5.41, 5.74) is 9.35. The van der Waals surface area contributed by atoms with Crippen LogP contribution in [-0.4, -0.2) is 48.9 Å². The second-order valence-electron chi connectivity index (χ2n) is 7.21. The fourth-order valence-corrected chi connectivity index (χ4v) is 3.72. The number of aromatic nitrogens is 1. The van der Waals surface area contributed by atoms with Gasteiger partial charge < -0.3 is 25.4 Å². The zero-order chi connectivity index (χ0) is 21.4. The van der Waals surface area contributed by atoms with E-state index in [2.05, 4.69) is 26.3 Å². The molecule has 0 atom stereocenters. The number of amidine groups is 2. The van der Waals surface area contributed by atoms with Gasteiger partial charge in [0.2, 0.25) is 0 Å². The number of nitrogen functional groups attached to an aromatic ring is 1. The number of nitrogens with two attached hydrogens (primary N) is 1. The Morgan fingerprint density at radius 1 is 1.00 bits per heavy atom. The van der Waals surface area contributed by atoms with E-state index in [1.165, 1.54) is 0 Å². The van der Waals surface area contributed by atoms with E-state index < -0.39 is 0 Å². The molecule has 3 aromatic rings. The number of methoxy groups -OCH3 is 2. The van der Waals surface area contributed by atoms with Gasteiger partial charge in [0, 0.05) is 35.4 Å². The van der Waals surface area contributed by atoms with Crippen LogP contribution < -0.4 is 20.5 Å². The van der Waals surface area contributed by atoms with Gasteiger partial charge in [-0.3, -0.25) is 4.99 Å². The van der Waals surface area contributed by atoms with E-state index in [1.54, 1.807) is 20.3 Å². The summed E-state index contributed by atoms with van der Waals surface area (Å²) in [6.07, 6.45) is 2.04. The van der Waals surface area contributed by atoms with Crippen LogP contribution in [0.2, 0.25) is 0 Å². The molecule has 3 heterocycles. The maximum atomic E-state index is 5.80. The molecular formula is C23H22N6O2. The smallest absolute Gasteiger partial charge is 0.174 e. The van der Waals surface area contributed by atoms with Crippen LogP contribution in [0.25, 0.3) is 16.6 Å². The Bertz CT molecular complexity index is 1260. The minimum absolute atomic E-state index is 0.509. The summed E-state index contributed by atoms with van der Waals surface area (Å²) >= 11 is 0. The van der Waals surface area contributed by atoms with Crippen molar-refractivity contribution < 1.29 is 9.47 Å². The number of fused-ring (bicyclic) bond motifs is 2. The van der Waals surface area contributed by atoms with Crippen LogP contribution in [0.1, 0.15) is 5.56 Å². The number of aliphatic imine (C=N–C) groups is 2. The van der Waals surface area contributed by atoms with Crippen LogP contribution in [0.5, 0.6) is 11.5 Å². The lowest BCUT2D eigenvalue weighted by atomic mass is 10.1. The first-order valence-electron chi connectivity index (χ1n) is 9.92. The predicted octanol–water partition coefficient (Wildman–Crippen LogP) is 3.37. The molecule has 0 unspecified atom stereocenters. The quantitative estimate of drug-likeness (QED) is 0.679. The van der Waals surface area contributed by atoms with Crippen molar-refractivity contribution in [1.82, 2.24) is 9.88 Å². The zero-order valence-electron chi connectivity index (χ0n) is 17.3. The van der Waals surface area contributed by atoms with Gasteiger partial charge in [-0.05, 0) is 36.4 Å². The minimum Gasteiger partial charge on any atom is -0.493 e. The van der Waals surface area contributed by atoms with Crippen LogP contribution in [0, 0.1) is 0 Å². The lowest BCUT2D eigenvalue weighted by molar-refractivity contribution is 0.355. The molecule has 0 spiro atoms. The third-order valence-corrected chi connectivity index (χ3v) is 5.25. The molecule has 1 aromatic heterocycles. The number of rotatable bonds is 4. The Morgan fingerprint density at radius 3 is 2.71 bits per heavy atom. The van der Waals surface area contributed by atoms with E-state index in [-0.39, 0.29) is 0 Å². The molecule has 0 radical (unpaired) electrons. The van der Waals surface area contributed by atoms with E-state index in [9.17, 15) is 0 Å². The summed E-state index contributed by atoms with van der Waals surface area (Å²) in [5.74, 6) is 3.34. The summed E-state index contributed by atoms with van der Waals surface area (Å²) in [5, 5.41) is 4.41. The first kappa shape index (κ1) is 18.9. The number of pyridine rings is 1. The monoisotopic (exact) mass is 414 g/mol. The molecule has 3 N–H and O–H groups in total. The number of ether oxygens (including phenoxy) is 2. The van der Waals surface area contributed by atoms with Crippen molar-refractivity contribution in [2.45, 2.75) is 0 Å². The standard InChI is InChI=1S/C23H22N6O2/c1-30-19-7-5-16(12-20(19)31-2)26-22-23-25-9-10-29(23)13-18(28-22)15-3-6-17-14(11-15)4-8-21(24)27-17/h3-8,11-13H,9-10H2,1-2H3,(H2,24,27)(H,26,28). The molecule has 5 rings (SSSR count). The maximum Gasteiger partial charge on any atom is 0.174 e. The van der Waals surface area contributed by atoms with Crippen molar-refractivity contribution in [3.05, 3.63) is 60.3 Å². The van der Waals surface area contributed by atoms with Crippen LogP contribution in [-0.2, 0) is 0 Å². The van der Waals surface area contributed by atoms with E-state index >= 15 is 0 Å². The Labute approximate surface area is 179 Å². The van der Waals surface area contributed by atoms with E-state index in [0.717, 1.165) is 46.8 Å². The Hall–Kier alpha value is -4.07. The topological polar surface area (TPSA) is 97.4 Å². The van der Waals surface area contributed by atoms with E-state index in [0.29, 0.717) is 23.2 Å². The van der Waals surface area contributed by atoms with Gasteiger partial charge in [-0.1, -0.05) is 6.07 Å². The summed E-state index contributed by atoms with van der Waals surface area (Å²) in [4.78, 5) is 16.0. The molecule has 0 saturated carbocycles. The molecule has 156 valence electrons. The first-order chi connectivity index (χ1) is 15.1. The highest BCUT2D eigenvalue weighted by molar-refractivity contribution is 6.46. The summed E-state index contributed by atoms with van der Waals surface area (Å²) in [6.45, 7) is 1.55. The number of nitrogens with zero attached hydrogens (tertiary/aromatic N) is 4. The lowest BCUT2D eigenvalue weighted by Crippen LogP contribution is -2.36. The molecule has 31 heavy (non-hydrogen) atoms. The van der Waals surface area contributed by atoms with Crippen molar-refractivity contribution in [3.8, 4) is 11.5 Å². The van der Waals surface area contributed by atoms with E-state index in [4.69, 9.17) is 20.2 Å². The normalized spacial score (nSPS) is 15.2. The van der Waals surface area contributed by atoms with Gasteiger partial charge in [-0.15, -0.1) is 0 Å². The highest BCUT2D eigenvalue weighted by Crippen LogP contribution is 2.31. The molecule has 0 fully saturated rings. The number of nitrogens with one attached hydrogen (secondary N) is 1. The fraction of sp³-hybridized carbons (Fsp3) is 0.174. The second kappa shape index (κ2) is 7.64. The fourth-order valence-electron chi connectivity index (χ4n) is 3.72. The largest absolute Gasteiger partial charge is 0.493 e. The van der Waals surface area contributed by atoms with Crippen molar-refractivity contribution >= 4 is 39.8 Å². The first-order valence-corrected chi connectivity index (χ1v) is 9.92. The third-order valence-electron chi connectivity index (χ3n) is 5.25. The zero-order valence-corrected chi connectivity index (χ0v) is 17.3. The third kappa shape index (κ3) is 3.52. The van der Waals surface area contributed by atoms with Gasteiger partial charge in [-0.2, -0.15) is 0 Å². The maximum absolute atomic E-state index is 5.80. The van der Waals surface area contributed by atoms with Gasteiger partial charge in [0.1, 0.15) is 5.82 Å². The Kier molecular flexibility index (Phi) is 4.66. The Morgan fingerprint density at radius 2 is 1.87 bits per heavy atom. The molecular weight excluding hydrogens is 392 g/mol. The van der Waals surface area contributed by atoms with Crippen molar-refractivity contribution in [1.29, 1.82) is 0 Å². The highest BCUT2D eigenvalue weighted by Gasteiger charge is 2.26. The van der Waals surface area contributed by atoms with Crippen LogP contribution >= 0.6 is 0 Å². The molecule has 0 bridgehead atoms. The summed E-state index contributed by atoms with van der Waals surface area (Å²) in [6, 6.07) is 15.5. The number of benzene rings is 2. The Balaban J connectivity index is 1.51. The molecule has 2 aliphatic rings. The lowest BCUT2D eigenvalue weighted by Gasteiger charge is -2.24. The number of anilines is 2. The van der Waals surface area contributed by atoms with Gasteiger partial charge in [0.05, 0.1) is 32.0 Å². The SMILES string of the molecule is COc1ccc(NC2=NC(c3ccc4nc(N)ccc4c3)=CN3CCN=C23)cc1OC. The summed E-state index contributed by atoms with van der Waals surface area (Å²) < 4.78 is 10.8. The van der Waals surface area contributed by atoms with Crippen molar-refractivity contribution in [2.75, 3.05) is 38.4 Å². The van der Waals surface area contributed by atoms with Gasteiger partial charge in [-0.25, -0.2) is 9.98 Å². The predicted molar refractivity (Wildman–Crippen MR) is 124 cm³/mol. The molecule has 0 aliphatic carbocycles. The molecule has 8 nitrogen and oxygen atoms in total. The number of hydrogen-bond acceptors (Lipinski definition) is 8. The molecule has 2 aliphatic heterocycles. The minimum atomic E-state index is 0.509. The summed E-state index contributed by atoms with van der Waals surface area (Å²) in [7, 11) is 3.23. The van der Waals surface area contributed by atoms with Crippen LogP contribution in [0.3, 0.4) is 0 Å². The molecule has 8 heteroatoms. The van der Waals surface area contributed by atoms with Crippen molar-refractivity contribution in [2.24, 2.45) is 9.98 Å². The van der Waals surface area contributed by atoms with E-state index in [1.807, 2.05) is 42.6 Å². The van der Waals surface area contributed by atoms with Crippen LogP contribution in [0.4, 0.5) is 11.5 Å². The molecule has 0 amide bonds. The van der Waals surface area contributed by atoms with Crippen LogP contribution in [0.15, 0.2) is 64.7 Å². The second-order valence-corrected chi connectivity index (χ2v) is 7.21. The van der Waals surface area contributed by atoms with Gasteiger partial charge in [0.25, 0.3) is 0 Å². The molecule has 0 saturated heterocycles.